The number of carbonyl (C=O) groups is 1. The van der Waals surface area contributed by atoms with Gasteiger partial charge in [0.15, 0.2) is 0 Å². The largest absolute Gasteiger partial charge is 0.383 e. The molecule has 0 unspecified atom stereocenters. The maximum Gasteiger partial charge on any atom is 0.256 e. The highest BCUT2D eigenvalue weighted by atomic mass is 16.2. The van der Waals surface area contributed by atoms with Gasteiger partial charge in [0.25, 0.3) is 5.91 Å². The van der Waals surface area contributed by atoms with Gasteiger partial charge in [-0.05, 0) is 18.7 Å². The molecule has 0 spiro atoms. The highest BCUT2D eigenvalue weighted by Crippen LogP contribution is 2.23. The normalized spacial score (nSPS) is 10.7. The van der Waals surface area contributed by atoms with Gasteiger partial charge in [-0.1, -0.05) is 37.6 Å². The number of nitrogens with zero attached hydrogens (tertiary/aromatic N) is 2. The first-order chi connectivity index (χ1) is 9.69. The van der Waals surface area contributed by atoms with Gasteiger partial charge < -0.3 is 10.6 Å². The molecule has 0 radical (unpaired) electrons. The fraction of sp³-hybridized carbons (Fsp3) is 0.375. The molecule has 0 saturated carbocycles. The molecule has 2 N–H and O–H groups in total. The van der Waals surface area contributed by atoms with E-state index in [-0.39, 0.29) is 5.91 Å². The van der Waals surface area contributed by atoms with Crippen molar-refractivity contribution in [1.29, 1.82) is 0 Å². The molecule has 0 aliphatic heterocycles. The zero-order valence-corrected chi connectivity index (χ0v) is 12.1. The number of hydrogen-bond donors (Lipinski definition) is 1. The van der Waals surface area contributed by atoms with Gasteiger partial charge in [0.2, 0.25) is 0 Å². The lowest BCUT2D eigenvalue weighted by atomic mass is 10.1. The van der Waals surface area contributed by atoms with Crippen LogP contribution >= 0.6 is 0 Å². The second-order valence-corrected chi connectivity index (χ2v) is 4.84. The highest BCUT2D eigenvalue weighted by molar-refractivity contribution is 6.08. The minimum Gasteiger partial charge on any atom is -0.383 e. The van der Waals surface area contributed by atoms with E-state index in [2.05, 4.69) is 11.9 Å². The average Bonchev–Trinajstić information content (AvgIpc) is 2.48. The number of unbranched alkanes of at least 4 members (excludes halogenated alkanes) is 1. The molecule has 2 rings (SSSR count). The lowest BCUT2D eigenvalue weighted by Crippen LogP contribution is -2.32. The Morgan fingerprint density at radius 1 is 1.25 bits per heavy atom. The van der Waals surface area contributed by atoms with Crippen LogP contribution in [0.3, 0.4) is 0 Å². The fourth-order valence-electron chi connectivity index (χ4n) is 2.31. The molecule has 4 nitrogen and oxygen atoms in total. The lowest BCUT2D eigenvalue weighted by Gasteiger charge is -2.21. The monoisotopic (exact) mass is 271 g/mol. The van der Waals surface area contributed by atoms with Crippen molar-refractivity contribution in [2.24, 2.45) is 0 Å². The van der Waals surface area contributed by atoms with E-state index in [1.165, 1.54) is 0 Å². The summed E-state index contributed by atoms with van der Waals surface area (Å²) in [5, 5.41) is 1.71. The number of aromatic nitrogens is 1. The Labute approximate surface area is 119 Å². The number of rotatable bonds is 5. The molecule has 2 aromatic rings. The summed E-state index contributed by atoms with van der Waals surface area (Å²) >= 11 is 0. The van der Waals surface area contributed by atoms with E-state index in [0.29, 0.717) is 17.9 Å². The van der Waals surface area contributed by atoms with E-state index >= 15 is 0 Å². The molecule has 1 aromatic heterocycles. The van der Waals surface area contributed by atoms with Crippen LogP contribution in [0.2, 0.25) is 0 Å². The summed E-state index contributed by atoms with van der Waals surface area (Å²) in [6, 6.07) is 7.65. The van der Waals surface area contributed by atoms with E-state index < -0.39 is 0 Å². The molecule has 20 heavy (non-hydrogen) atoms. The van der Waals surface area contributed by atoms with Crippen LogP contribution in [-0.4, -0.2) is 28.9 Å². The molecule has 1 aromatic carbocycles. The van der Waals surface area contributed by atoms with Gasteiger partial charge in [-0.15, -0.1) is 0 Å². The Balaban J connectivity index is 2.41. The third-order valence-corrected chi connectivity index (χ3v) is 3.51. The molecule has 1 heterocycles. The SMILES string of the molecule is CCCCN(CC)C(=O)c1cnc(N)c2ccccc12. The third kappa shape index (κ3) is 2.74. The number of benzene rings is 1. The number of fused-ring (bicyclic) bond motifs is 1. The van der Waals surface area contributed by atoms with Crippen molar-refractivity contribution in [2.75, 3.05) is 18.8 Å². The molecular formula is C16H21N3O. The molecule has 0 saturated heterocycles. The number of nitrogens with two attached hydrogens (primary N) is 1. The first-order valence-corrected chi connectivity index (χ1v) is 7.11. The van der Waals surface area contributed by atoms with Crippen molar-refractivity contribution in [3.05, 3.63) is 36.0 Å². The number of nitrogen functional groups attached to an aromatic ring is 1. The number of hydrogen-bond acceptors (Lipinski definition) is 3. The number of anilines is 1. The zero-order chi connectivity index (χ0) is 14.5. The molecule has 0 aliphatic carbocycles. The van der Waals surface area contributed by atoms with Gasteiger partial charge in [0.05, 0.1) is 5.56 Å². The lowest BCUT2D eigenvalue weighted by molar-refractivity contribution is 0.0764. The van der Waals surface area contributed by atoms with Crippen molar-refractivity contribution < 1.29 is 4.79 Å². The van der Waals surface area contributed by atoms with Crippen molar-refractivity contribution >= 4 is 22.5 Å². The fourth-order valence-corrected chi connectivity index (χ4v) is 2.31. The maximum absolute atomic E-state index is 12.7. The van der Waals surface area contributed by atoms with Crippen molar-refractivity contribution in [1.82, 2.24) is 9.88 Å². The van der Waals surface area contributed by atoms with Crippen LogP contribution in [0, 0.1) is 0 Å². The Morgan fingerprint density at radius 3 is 2.60 bits per heavy atom. The molecule has 0 atom stereocenters. The zero-order valence-electron chi connectivity index (χ0n) is 12.1. The van der Waals surface area contributed by atoms with Gasteiger partial charge in [-0.25, -0.2) is 4.98 Å². The van der Waals surface area contributed by atoms with Gasteiger partial charge in [0.1, 0.15) is 5.82 Å². The Morgan fingerprint density at radius 2 is 1.95 bits per heavy atom. The van der Waals surface area contributed by atoms with Crippen LogP contribution in [0.1, 0.15) is 37.0 Å². The summed E-state index contributed by atoms with van der Waals surface area (Å²) in [7, 11) is 0. The minimum atomic E-state index is 0.0321. The molecule has 0 fully saturated rings. The summed E-state index contributed by atoms with van der Waals surface area (Å²) in [6.45, 7) is 5.61. The molecule has 4 heteroatoms. The highest BCUT2D eigenvalue weighted by Gasteiger charge is 2.17. The molecule has 0 bridgehead atoms. The predicted molar refractivity (Wildman–Crippen MR) is 82.6 cm³/mol. The first kappa shape index (κ1) is 14.3. The number of carbonyl (C=O) groups excluding carboxylic acids is 1. The minimum absolute atomic E-state index is 0.0321. The van der Waals surface area contributed by atoms with Crippen LogP contribution in [0.25, 0.3) is 10.8 Å². The second kappa shape index (κ2) is 6.37. The summed E-state index contributed by atoms with van der Waals surface area (Å²) in [5.74, 6) is 0.499. The summed E-state index contributed by atoms with van der Waals surface area (Å²) < 4.78 is 0. The predicted octanol–water partition coefficient (Wildman–Crippen LogP) is 3.08. The number of pyridine rings is 1. The van der Waals surface area contributed by atoms with Gasteiger partial charge >= 0.3 is 0 Å². The van der Waals surface area contributed by atoms with Crippen LogP contribution < -0.4 is 5.73 Å². The molecular weight excluding hydrogens is 250 g/mol. The van der Waals surface area contributed by atoms with Crippen molar-refractivity contribution in [3.63, 3.8) is 0 Å². The average molecular weight is 271 g/mol. The molecule has 0 aliphatic rings. The number of amides is 1. The molecule has 1 amide bonds. The Bertz CT molecular complexity index is 610. The Kier molecular flexibility index (Phi) is 4.56. The van der Waals surface area contributed by atoms with E-state index in [9.17, 15) is 4.79 Å². The summed E-state index contributed by atoms with van der Waals surface area (Å²) in [5.41, 5.74) is 6.51. The van der Waals surface area contributed by atoms with E-state index in [1.54, 1.807) is 6.20 Å². The first-order valence-electron chi connectivity index (χ1n) is 7.11. The standard InChI is InChI=1S/C16H21N3O/c1-3-5-10-19(4-2)16(20)14-11-18-15(17)13-9-7-6-8-12(13)14/h6-9,11H,3-5,10H2,1-2H3,(H2,17,18). The van der Waals surface area contributed by atoms with Gasteiger partial charge in [-0.2, -0.15) is 0 Å². The van der Waals surface area contributed by atoms with Crippen LogP contribution in [0.15, 0.2) is 30.5 Å². The van der Waals surface area contributed by atoms with Crippen molar-refractivity contribution in [2.45, 2.75) is 26.7 Å². The van der Waals surface area contributed by atoms with Crippen molar-refractivity contribution in [3.8, 4) is 0 Å². The Hall–Kier alpha value is -2.10. The van der Waals surface area contributed by atoms with Gasteiger partial charge in [0, 0.05) is 24.7 Å². The van der Waals surface area contributed by atoms with E-state index in [1.807, 2.05) is 36.1 Å². The van der Waals surface area contributed by atoms with Gasteiger partial charge in [-0.3, -0.25) is 4.79 Å². The van der Waals surface area contributed by atoms with Crippen LogP contribution in [-0.2, 0) is 0 Å². The summed E-state index contributed by atoms with van der Waals surface area (Å²) in [6.07, 6.45) is 3.68. The van der Waals surface area contributed by atoms with Crippen LogP contribution in [0.5, 0.6) is 0 Å². The maximum atomic E-state index is 12.7. The third-order valence-electron chi connectivity index (χ3n) is 3.51. The van der Waals surface area contributed by atoms with Crippen LogP contribution in [0.4, 0.5) is 5.82 Å². The smallest absolute Gasteiger partial charge is 0.256 e. The molecule has 106 valence electrons. The van der Waals surface area contributed by atoms with E-state index in [0.717, 1.165) is 30.2 Å². The second-order valence-electron chi connectivity index (χ2n) is 4.84. The topological polar surface area (TPSA) is 59.2 Å². The quantitative estimate of drug-likeness (QED) is 0.909. The summed E-state index contributed by atoms with van der Waals surface area (Å²) in [4.78, 5) is 18.7. The van der Waals surface area contributed by atoms with E-state index in [4.69, 9.17) is 5.73 Å².